The number of benzene rings is 1. The van der Waals surface area contributed by atoms with E-state index in [2.05, 4.69) is 0 Å². The molecule has 2 aliphatic heterocycles. The number of fused-ring (bicyclic) bond motifs is 5. The Kier molecular flexibility index (Phi) is 5.13. The van der Waals surface area contributed by atoms with Crippen molar-refractivity contribution in [2.75, 3.05) is 6.61 Å². The molecule has 4 heterocycles. The van der Waals surface area contributed by atoms with E-state index in [1.165, 1.54) is 6.07 Å². The number of aromatic nitrogens is 2. The molecule has 0 radical (unpaired) electrons. The fourth-order valence-electron chi connectivity index (χ4n) is 6.37. The average Bonchev–Trinajstić information content (AvgIpc) is 3.24. The zero-order valence-electron chi connectivity index (χ0n) is 20.2. The van der Waals surface area contributed by atoms with Crippen LogP contribution in [0.2, 0.25) is 0 Å². The van der Waals surface area contributed by atoms with Gasteiger partial charge in [0, 0.05) is 41.1 Å². The molecule has 0 spiro atoms. The number of carbonyl (C=O) groups is 1. The molecule has 3 aromatic rings. The third-order valence-electron chi connectivity index (χ3n) is 8.40. The molecule has 0 bridgehead atoms. The number of hydrogen-bond donors (Lipinski definition) is 3. The maximum absolute atomic E-state index is 14.9. The Balaban J connectivity index is 1.67. The number of aliphatic hydroxyl groups is 2. The van der Waals surface area contributed by atoms with Crippen molar-refractivity contribution in [2.24, 2.45) is 5.73 Å². The molecule has 2 aromatic heterocycles. The lowest BCUT2D eigenvalue weighted by molar-refractivity contribution is -0.172. The van der Waals surface area contributed by atoms with Gasteiger partial charge in [-0.1, -0.05) is 6.92 Å². The summed E-state index contributed by atoms with van der Waals surface area (Å²) in [6, 6.07) is 2.78. The number of esters is 1. The van der Waals surface area contributed by atoms with Gasteiger partial charge in [-0.15, -0.1) is 0 Å². The molecule has 0 saturated heterocycles. The number of ether oxygens (including phenoxy) is 1. The third-order valence-corrected chi connectivity index (χ3v) is 8.40. The first kappa shape index (κ1) is 23.3. The van der Waals surface area contributed by atoms with Gasteiger partial charge in [0.25, 0.3) is 5.56 Å². The fraction of sp³-hybridized carbons (Fsp3) is 0.444. The van der Waals surface area contributed by atoms with E-state index in [0.717, 1.165) is 22.1 Å². The van der Waals surface area contributed by atoms with Crippen molar-refractivity contribution >= 4 is 16.9 Å². The quantitative estimate of drug-likeness (QED) is 0.372. The third kappa shape index (κ3) is 2.93. The Labute approximate surface area is 206 Å². The van der Waals surface area contributed by atoms with Crippen LogP contribution in [0.3, 0.4) is 0 Å². The lowest BCUT2D eigenvalue weighted by Crippen LogP contribution is -2.44. The monoisotopic (exact) mass is 493 g/mol. The minimum Gasteiger partial charge on any atom is -0.458 e. The molecule has 0 unspecified atom stereocenters. The Bertz CT molecular complexity index is 1530. The summed E-state index contributed by atoms with van der Waals surface area (Å²) >= 11 is 0. The zero-order chi connectivity index (χ0) is 25.5. The summed E-state index contributed by atoms with van der Waals surface area (Å²) < 4.78 is 21.7. The molecule has 188 valence electrons. The summed E-state index contributed by atoms with van der Waals surface area (Å²) in [5.74, 6) is -1.21. The maximum atomic E-state index is 14.9. The van der Waals surface area contributed by atoms with E-state index in [1.54, 1.807) is 24.5 Å². The van der Waals surface area contributed by atoms with Gasteiger partial charge in [-0.05, 0) is 55.4 Å². The number of rotatable bonds is 4. The Hall–Kier alpha value is -3.14. The van der Waals surface area contributed by atoms with Crippen molar-refractivity contribution < 1.29 is 24.1 Å². The molecular formula is C27H28FN3O5. The predicted octanol–water partition coefficient (Wildman–Crippen LogP) is 2.27. The van der Waals surface area contributed by atoms with Crippen molar-refractivity contribution in [3.8, 4) is 11.4 Å². The molecule has 0 amide bonds. The van der Waals surface area contributed by atoms with Crippen molar-refractivity contribution in [3.05, 3.63) is 61.7 Å². The summed E-state index contributed by atoms with van der Waals surface area (Å²) in [6.45, 7) is 3.44. The SMILES string of the molecule is CC[C@@]1(O)C(=O)OCc2c1cc1n(c2=O)Cc2c-1nc1cc(F)c(C)c3c1c2[C@H]([C@@H](N)CCO)CC3. The summed E-state index contributed by atoms with van der Waals surface area (Å²) in [4.78, 5) is 30.9. The first-order valence-electron chi connectivity index (χ1n) is 12.4. The standard InChI is InChI=1S/C27H28FN3O5/c1-3-27(35)17-8-21-24-15(10-31(21)25(33)16(17)11-36-26(27)34)22-14(19(29)6-7-32)5-4-13-12(2)18(28)9-20(30-24)23(13)22/h8-9,14,19,32,35H,3-7,10-11,29H2,1-2H3/t14-,19-,27-/m0/s1. The molecule has 6 rings (SSSR count). The fourth-order valence-corrected chi connectivity index (χ4v) is 6.37. The van der Waals surface area contributed by atoms with E-state index in [-0.39, 0.29) is 60.6 Å². The number of hydrogen-bond acceptors (Lipinski definition) is 7. The first-order chi connectivity index (χ1) is 17.2. The van der Waals surface area contributed by atoms with Crippen molar-refractivity contribution in [1.29, 1.82) is 0 Å². The predicted molar refractivity (Wildman–Crippen MR) is 130 cm³/mol. The van der Waals surface area contributed by atoms with Crippen LogP contribution in [0.5, 0.6) is 0 Å². The van der Waals surface area contributed by atoms with E-state index in [9.17, 15) is 24.2 Å². The number of aliphatic hydroxyl groups excluding tert-OH is 1. The van der Waals surface area contributed by atoms with Gasteiger partial charge in [0.15, 0.2) is 5.60 Å². The molecule has 0 saturated carbocycles. The van der Waals surface area contributed by atoms with Gasteiger partial charge < -0.3 is 25.3 Å². The second-order valence-electron chi connectivity index (χ2n) is 10.1. The summed E-state index contributed by atoms with van der Waals surface area (Å²) in [7, 11) is 0. The van der Waals surface area contributed by atoms with Gasteiger partial charge in [-0.3, -0.25) is 4.79 Å². The molecular weight excluding hydrogens is 465 g/mol. The van der Waals surface area contributed by atoms with Crippen molar-refractivity contribution in [2.45, 2.75) is 70.2 Å². The summed E-state index contributed by atoms with van der Waals surface area (Å²) in [5, 5.41) is 21.6. The number of pyridine rings is 2. The van der Waals surface area contributed by atoms with Crippen LogP contribution in [0.25, 0.3) is 22.3 Å². The molecule has 3 atom stereocenters. The molecule has 3 aliphatic rings. The van der Waals surface area contributed by atoms with Crippen LogP contribution >= 0.6 is 0 Å². The van der Waals surface area contributed by atoms with Crippen LogP contribution in [-0.4, -0.2) is 38.4 Å². The van der Waals surface area contributed by atoms with E-state index >= 15 is 0 Å². The van der Waals surface area contributed by atoms with E-state index in [4.69, 9.17) is 15.5 Å². The van der Waals surface area contributed by atoms with Gasteiger partial charge in [-0.2, -0.15) is 0 Å². The van der Waals surface area contributed by atoms with Gasteiger partial charge in [0.1, 0.15) is 12.4 Å². The van der Waals surface area contributed by atoms with Crippen LogP contribution in [0.1, 0.15) is 65.5 Å². The highest BCUT2D eigenvalue weighted by atomic mass is 19.1. The minimum absolute atomic E-state index is 0.0422. The van der Waals surface area contributed by atoms with E-state index < -0.39 is 11.6 Å². The summed E-state index contributed by atoms with van der Waals surface area (Å²) in [5.41, 5.74) is 9.59. The highest BCUT2D eigenvalue weighted by molar-refractivity contribution is 5.93. The van der Waals surface area contributed by atoms with Gasteiger partial charge in [0.2, 0.25) is 0 Å². The molecule has 0 fully saturated rings. The minimum atomic E-state index is -1.92. The number of halogens is 1. The number of carbonyl (C=O) groups excluding carboxylic acids is 1. The summed E-state index contributed by atoms with van der Waals surface area (Å²) in [6.07, 6.45) is 1.82. The number of aryl methyl sites for hydroxylation is 1. The van der Waals surface area contributed by atoms with E-state index in [0.29, 0.717) is 41.7 Å². The van der Waals surface area contributed by atoms with Crippen molar-refractivity contribution in [3.63, 3.8) is 0 Å². The van der Waals surface area contributed by atoms with Crippen LogP contribution in [0, 0.1) is 12.7 Å². The smallest absolute Gasteiger partial charge is 0.343 e. The highest BCUT2D eigenvalue weighted by Crippen LogP contribution is 2.47. The first-order valence-corrected chi connectivity index (χ1v) is 12.4. The normalized spacial score (nSPS) is 22.7. The maximum Gasteiger partial charge on any atom is 0.343 e. The Morgan fingerprint density at radius 3 is 2.81 bits per heavy atom. The molecule has 1 aromatic carbocycles. The highest BCUT2D eigenvalue weighted by Gasteiger charge is 2.46. The molecule has 1 aliphatic carbocycles. The van der Waals surface area contributed by atoms with Crippen LogP contribution in [0.4, 0.5) is 4.39 Å². The average molecular weight is 494 g/mol. The molecule has 9 heteroatoms. The molecule has 36 heavy (non-hydrogen) atoms. The largest absolute Gasteiger partial charge is 0.458 e. The van der Waals surface area contributed by atoms with Crippen LogP contribution < -0.4 is 11.3 Å². The molecule has 8 nitrogen and oxygen atoms in total. The van der Waals surface area contributed by atoms with Gasteiger partial charge in [0.05, 0.1) is 29.0 Å². The number of cyclic esters (lactones) is 1. The van der Waals surface area contributed by atoms with Crippen LogP contribution in [-0.2, 0) is 34.7 Å². The van der Waals surface area contributed by atoms with Gasteiger partial charge >= 0.3 is 5.97 Å². The number of nitrogens with two attached hydrogens (primary N) is 1. The van der Waals surface area contributed by atoms with E-state index in [1.807, 2.05) is 0 Å². The second kappa shape index (κ2) is 7.93. The zero-order valence-corrected chi connectivity index (χ0v) is 20.2. The molecule has 4 N–H and O–H groups in total. The lowest BCUT2D eigenvalue weighted by atomic mass is 9.74. The lowest BCUT2D eigenvalue weighted by Gasteiger charge is -2.32. The van der Waals surface area contributed by atoms with Gasteiger partial charge in [-0.25, -0.2) is 14.2 Å². The van der Waals surface area contributed by atoms with Crippen molar-refractivity contribution in [1.82, 2.24) is 9.55 Å². The topological polar surface area (TPSA) is 128 Å². The Morgan fingerprint density at radius 1 is 1.31 bits per heavy atom. The van der Waals surface area contributed by atoms with Crippen LogP contribution in [0.15, 0.2) is 16.9 Å². The Morgan fingerprint density at radius 2 is 2.08 bits per heavy atom. The number of nitrogens with zero attached hydrogens (tertiary/aromatic N) is 2. The second-order valence-corrected chi connectivity index (χ2v) is 10.1.